The van der Waals surface area contributed by atoms with Gasteiger partial charge in [-0.2, -0.15) is 0 Å². The van der Waals surface area contributed by atoms with Crippen LogP contribution in [0.4, 0.5) is 5.69 Å². The zero-order valence-electron chi connectivity index (χ0n) is 15.2. The van der Waals surface area contributed by atoms with E-state index in [1.165, 1.54) is 0 Å². The van der Waals surface area contributed by atoms with E-state index >= 15 is 0 Å². The van der Waals surface area contributed by atoms with Gasteiger partial charge in [0.1, 0.15) is 5.75 Å². The predicted octanol–water partition coefficient (Wildman–Crippen LogP) is 1.50. The number of anilines is 1. The number of hydrogen-bond acceptors (Lipinski definition) is 4. The summed E-state index contributed by atoms with van der Waals surface area (Å²) in [4.78, 5) is 28.8. The van der Waals surface area contributed by atoms with Crippen molar-refractivity contribution in [1.29, 1.82) is 0 Å². The molecule has 1 aliphatic heterocycles. The Morgan fingerprint density at radius 2 is 1.72 bits per heavy atom. The minimum atomic E-state index is -0.130. The summed E-state index contributed by atoms with van der Waals surface area (Å²) in [7, 11) is 1.66. The zero-order chi connectivity index (χ0) is 18.0. The highest BCUT2D eigenvalue weighted by Gasteiger charge is 2.49. The number of hydrogen-bond donors (Lipinski definition) is 1. The summed E-state index contributed by atoms with van der Waals surface area (Å²) in [6, 6.07) is 8.12. The minimum Gasteiger partial charge on any atom is -0.497 e. The molecule has 2 aliphatic rings. The minimum absolute atomic E-state index is 0.0187. The van der Waals surface area contributed by atoms with E-state index in [4.69, 9.17) is 4.74 Å². The van der Waals surface area contributed by atoms with E-state index in [2.05, 4.69) is 10.2 Å². The summed E-state index contributed by atoms with van der Waals surface area (Å²) in [5, 5.41) is 2.90. The molecule has 1 N–H and O–H groups in total. The third-order valence-corrected chi connectivity index (χ3v) is 4.90. The SMILES string of the molecule is COc1ccc(N2CCN(C(=O)C3CC3C(=O)NC(C)C)CC2)cc1. The molecule has 136 valence electrons. The molecule has 6 heteroatoms. The molecule has 3 rings (SSSR count). The quantitative estimate of drug-likeness (QED) is 0.879. The number of amides is 2. The van der Waals surface area contributed by atoms with Gasteiger partial charge in [0.2, 0.25) is 11.8 Å². The number of carbonyl (C=O) groups excluding carboxylic acids is 2. The smallest absolute Gasteiger partial charge is 0.226 e. The average Bonchev–Trinajstić information content (AvgIpc) is 3.42. The summed E-state index contributed by atoms with van der Waals surface area (Å²) in [5.74, 6) is 0.751. The first-order valence-corrected chi connectivity index (χ1v) is 8.97. The molecule has 0 spiro atoms. The molecule has 1 heterocycles. The van der Waals surface area contributed by atoms with Crippen LogP contribution in [0.15, 0.2) is 24.3 Å². The highest BCUT2D eigenvalue weighted by molar-refractivity contribution is 5.92. The van der Waals surface area contributed by atoms with Gasteiger partial charge in [-0.1, -0.05) is 0 Å². The third-order valence-electron chi connectivity index (χ3n) is 4.90. The fraction of sp³-hybridized carbons (Fsp3) is 0.579. The van der Waals surface area contributed by atoms with Crippen molar-refractivity contribution in [2.45, 2.75) is 26.3 Å². The molecule has 2 amide bonds. The molecule has 2 unspecified atom stereocenters. The number of carbonyl (C=O) groups is 2. The van der Waals surface area contributed by atoms with Gasteiger partial charge in [-0.3, -0.25) is 9.59 Å². The van der Waals surface area contributed by atoms with E-state index in [-0.39, 0.29) is 29.7 Å². The van der Waals surface area contributed by atoms with Gasteiger partial charge in [-0.25, -0.2) is 0 Å². The maximum Gasteiger partial charge on any atom is 0.226 e. The highest BCUT2D eigenvalue weighted by atomic mass is 16.5. The number of nitrogens with zero attached hydrogens (tertiary/aromatic N) is 2. The second kappa shape index (κ2) is 7.33. The molecule has 1 aliphatic carbocycles. The van der Waals surface area contributed by atoms with Crippen LogP contribution in [0.5, 0.6) is 5.75 Å². The molecular formula is C19H27N3O3. The maximum atomic E-state index is 12.6. The number of piperazine rings is 1. The van der Waals surface area contributed by atoms with Crippen LogP contribution >= 0.6 is 0 Å². The van der Waals surface area contributed by atoms with Gasteiger partial charge in [0, 0.05) is 37.9 Å². The van der Waals surface area contributed by atoms with Crippen LogP contribution in [-0.4, -0.2) is 56.0 Å². The van der Waals surface area contributed by atoms with Crippen molar-refractivity contribution in [2.24, 2.45) is 11.8 Å². The molecule has 1 aromatic rings. The Morgan fingerprint density at radius 3 is 2.28 bits per heavy atom. The van der Waals surface area contributed by atoms with E-state index in [9.17, 15) is 9.59 Å². The van der Waals surface area contributed by atoms with Crippen LogP contribution in [0.3, 0.4) is 0 Å². The Bertz CT molecular complexity index is 621. The van der Waals surface area contributed by atoms with Crippen molar-refractivity contribution in [3.8, 4) is 5.75 Å². The molecular weight excluding hydrogens is 318 g/mol. The van der Waals surface area contributed by atoms with E-state index in [0.29, 0.717) is 19.5 Å². The van der Waals surface area contributed by atoms with Gasteiger partial charge in [-0.05, 0) is 44.5 Å². The summed E-state index contributed by atoms with van der Waals surface area (Å²) >= 11 is 0. The molecule has 1 saturated carbocycles. The van der Waals surface area contributed by atoms with Gasteiger partial charge < -0.3 is 19.9 Å². The van der Waals surface area contributed by atoms with E-state index in [1.54, 1.807) is 7.11 Å². The van der Waals surface area contributed by atoms with Crippen molar-refractivity contribution in [1.82, 2.24) is 10.2 Å². The normalized spacial score (nSPS) is 22.7. The highest BCUT2D eigenvalue weighted by Crippen LogP contribution is 2.40. The molecule has 25 heavy (non-hydrogen) atoms. The standard InChI is InChI=1S/C19H27N3O3/c1-13(2)20-18(23)16-12-17(16)19(24)22-10-8-21(9-11-22)14-4-6-15(25-3)7-5-14/h4-7,13,16-17H,8-12H2,1-3H3,(H,20,23). The van der Waals surface area contributed by atoms with Crippen molar-refractivity contribution < 1.29 is 14.3 Å². The van der Waals surface area contributed by atoms with Crippen molar-refractivity contribution >= 4 is 17.5 Å². The molecule has 0 bridgehead atoms. The summed E-state index contributed by atoms with van der Waals surface area (Å²) in [6.07, 6.45) is 0.691. The lowest BCUT2D eigenvalue weighted by molar-refractivity contribution is -0.135. The average molecular weight is 345 g/mol. The van der Waals surface area contributed by atoms with Crippen LogP contribution in [0.25, 0.3) is 0 Å². The first kappa shape index (κ1) is 17.6. The molecule has 6 nitrogen and oxygen atoms in total. The Hall–Kier alpha value is -2.24. The van der Waals surface area contributed by atoms with Gasteiger partial charge in [0.05, 0.1) is 18.9 Å². The molecule has 0 aromatic heterocycles. The van der Waals surface area contributed by atoms with Crippen molar-refractivity contribution in [3.05, 3.63) is 24.3 Å². The number of nitrogens with one attached hydrogen (secondary N) is 1. The van der Waals surface area contributed by atoms with Gasteiger partial charge >= 0.3 is 0 Å². The number of methoxy groups -OCH3 is 1. The molecule has 1 aromatic carbocycles. The Balaban J connectivity index is 1.49. The van der Waals surface area contributed by atoms with Crippen molar-refractivity contribution in [2.75, 3.05) is 38.2 Å². The first-order chi connectivity index (χ1) is 12.0. The molecule has 0 radical (unpaired) electrons. The number of benzene rings is 1. The Kier molecular flexibility index (Phi) is 5.16. The largest absolute Gasteiger partial charge is 0.497 e. The topological polar surface area (TPSA) is 61.9 Å². The van der Waals surface area contributed by atoms with E-state index < -0.39 is 0 Å². The van der Waals surface area contributed by atoms with Crippen LogP contribution in [0.1, 0.15) is 20.3 Å². The van der Waals surface area contributed by atoms with E-state index in [1.807, 2.05) is 43.0 Å². The lowest BCUT2D eigenvalue weighted by Crippen LogP contribution is -2.49. The lowest BCUT2D eigenvalue weighted by atomic mass is 10.2. The molecule has 1 saturated heterocycles. The summed E-state index contributed by atoms with van der Waals surface area (Å²) < 4.78 is 5.19. The second-order valence-corrected chi connectivity index (χ2v) is 7.12. The van der Waals surface area contributed by atoms with E-state index in [0.717, 1.165) is 24.5 Å². The monoisotopic (exact) mass is 345 g/mol. The molecule has 2 atom stereocenters. The van der Waals surface area contributed by atoms with Gasteiger partial charge in [0.15, 0.2) is 0 Å². The first-order valence-electron chi connectivity index (χ1n) is 8.97. The third kappa shape index (κ3) is 4.06. The predicted molar refractivity (Wildman–Crippen MR) is 96.7 cm³/mol. The van der Waals surface area contributed by atoms with Crippen LogP contribution in [0.2, 0.25) is 0 Å². The van der Waals surface area contributed by atoms with Crippen LogP contribution in [0, 0.1) is 11.8 Å². The Labute approximate surface area is 149 Å². The number of ether oxygens (including phenoxy) is 1. The van der Waals surface area contributed by atoms with Gasteiger partial charge in [0.25, 0.3) is 0 Å². The Morgan fingerprint density at radius 1 is 1.08 bits per heavy atom. The fourth-order valence-electron chi connectivity index (χ4n) is 3.36. The summed E-state index contributed by atoms with van der Waals surface area (Å²) in [6.45, 7) is 6.92. The molecule has 2 fully saturated rings. The second-order valence-electron chi connectivity index (χ2n) is 7.12. The van der Waals surface area contributed by atoms with Crippen LogP contribution < -0.4 is 15.0 Å². The fourth-order valence-corrected chi connectivity index (χ4v) is 3.36. The summed E-state index contributed by atoms with van der Waals surface area (Å²) in [5.41, 5.74) is 1.15. The zero-order valence-corrected chi connectivity index (χ0v) is 15.2. The van der Waals surface area contributed by atoms with Crippen molar-refractivity contribution in [3.63, 3.8) is 0 Å². The maximum absolute atomic E-state index is 12.6. The van der Waals surface area contributed by atoms with Crippen LogP contribution in [-0.2, 0) is 9.59 Å². The number of rotatable bonds is 5. The van der Waals surface area contributed by atoms with Gasteiger partial charge in [-0.15, -0.1) is 0 Å². The lowest BCUT2D eigenvalue weighted by Gasteiger charge is -2.36.